The molecule has 38 heavy (non-hydrogen) atoms. The van der Waals surface area contributed by atoms with Gasteiger partial charge in [0, 0.05) is 22.9 Å². The molecule has 0 unspecified atom stereocenters. The van der Waals surface area contributed by atoms with Crippen molar-refractivity contribution in [3.63, 3.8) is 0 Å². The normalized spacial score (nSPS) is 10.6. The van der Waals surface area contributed by atoms with Crippen LogP contribution in [0.4, 0.5) is 21.4 Å². The fraction of sp³-hybridized carbons (Fsp3) is 0.320. The van der Waals surface area contributed by atoms with Crippen LogP contribution in [0.2, 0.25) is 0 Å². The van der Waals surface area contributed by atoms with Crippen molar-refractivity contribution in [2.24, 2.45) is 10.2 Å². The standard InChI is InChI=1S/C25H28N4O8S/c1-6-35-25(32)20-15-21(29(33)34)38-22(20)27-26-18-7-9-19(10-8-18)28(11-13-36-23(30)16(2)3)12-14-37-24(31)17(4)5/h7-10,15H,2,4,6,11-14H2,1,3,5H3/b27-26+. The third-order valence-electron chi connectivity index (χ3n) is 4.73. The summed E-state index contributed by atoms with van der Waals surface area (Å²) in [5.74, 6) is -1.74. The van der Waals surface area contributed by atoms with Gasteiger partial charge in [-0.25, -0.2) is 14.4 Å². The Morgan fingerprint density at radius 1 is 0.974 bits per heavy atom. The summed E-state index contributed by atoms with van der Waals surface area (Å²) in [6.45, 7) is 12.7. The van der Waals surface area contributed by atoms with E-state index in [9.17, 15) is 24.5 Å². The molecule has 202 valence electrons. The summed E-state index contributed by atoms with van der Waals surface area (Å²) < 4.78 is 15.3. The average Bonchev–Trinajstić information content (AvgIpc) is 3.31. The number of carbonyl (C=O) groups excluding carboxylic acids is 3. The molecular formula is C25H28N4O8S. The smallest absolute Gasteiger partial charge is 0.341 e. The van der Waals surface area contributed by atoms with Crippen molar-refractivity contribution in [3.05, 3.63) is 70.3 Å². The molecule has 0 fully saturated rings. The molecule has 12 nitrogen and oxygen atoms in total. The predicted molar refractivity (Wildman–Crippen MR) is 141 cm³/mol. The second-order valence-corrected chi connectivity index (χ2v) is 8.83. The highest BCUT2D eigenvalue weighted by atomic mass is 32.1. The van der Waals surface area contributed by atoms with Crippen LogP contribution in [0.15, 0.2) is 64.9 Å². The Hall–Kier alpha value is -4.39. The van der Waals surface area contributed by atoms with Gasteiger partial charge in [-0.15, -0.1) is 10.2 Å². The number of nitro groups is 1. The largest absolute Gasteiger partial charge is 0.462 e. The molecule has 0 spiro atoms. The number of hydrogen-bond acceptors (Lipinski definition) is 12. The van der Waals surface area contributed by atoms with E-state index in [0.717, 1.165) is 11.8 Å². The zero-order chi connectivity index (χ0) is 28.2. The van der Waals surface area contributed by atoms with Gasteiger partial charge < -0.3 is 19.1 Å². The monoisotopic (exact) mass is 544 g/mol. The molecule has 0 atom stereocenters. The maximum Gasteiger partial charge on any atom is 0.341 e. The van der Waals surface area contributed by atoms with E-state index in [0.29, 0.717) is 30.1 Å². The van der Waals surface area contributed by atoms with E-state index in [1.165, 1.54) is 0 Å². The number of benzene rings is 1. The highest BCUT2D eigenvalue weighted by molar-refractivity contribution is 7.19. The topological polar surface area (TPSA) is 150 Å². The van der Waals surface area contributed by atoms with Crippen LogP contribution >= 0.6 is 11.3 Å². The van der Waals surface area contributed by atoms with Crippen LogP contribution in [0, 0.1) is 10.1 Å². The number of thiophene rings is 1. The second-order valence-electron chi connectivity index (χ2n) is 7.82. The molecule has 0 saturated heterocycles. The molecule has 1 heterocycles. The molecule has 0 saturated carbocycles. The predicted octanol–water partition coefficient (Wildman–Crippen LogP) is 5.29. The molecule has 13 heteroatoms. The highest BCUT2D eigenvalue weighted by Crippen LogP contribution is 2.37. The number of rotatable bonds is 14. The number of hydrogen-bond donors (Lipinski definition) is 0. The quantitative estimate of drug-likeness (QED) is 0.0771. The van der Waals surface area contributed by atoms with Crippen molar-refractivity contribution < 1.29 is 33.5 Å². The summed E-state index contributed by atoms with van der Waals surface area (Å²) in [6, 6.07) is 7.88. The van der Waals surface area contributed by atoms with E-state index in [-0.39, 0.29) is 46.5 Å². The molecule has 0 bridgehead atoms. The van der Waals surface area contributed by atoms with Crippen molar-refractivity contribution in [1.82, 2.24) is 0 Å². The summed E-state index contributed by atoms with van der Waals surface area (Å²) in [4.78, 5) is 47.9. The van der Waals surface area contributed by atoms with Crippen LogP contribution in [0.3, 0.4) is 0 Å². The zero-order valence-corrected chi connectivity index (χ0v) is 22.1. The minimum absolute atomic E-state index is 0.0382. The van der Waals surface area contributed by atoms with Crippen molar-refractivity contribution in [1.29, 1.82) is 0 Å². The van der Waals surface area contributed by atoms with E-state index in [1.807, 2.05) is 4.90 Å². The molecule has 0 aliphatic rings. The summed E-state index contributed by atoms with van der Waals surface area (Å²) in [5, 5.41) is 19.0. The molecule has 1 aromatic heterocycles. The van der Waals surface area contributed by atoms with Gasteiger partial charge in [-0.2, -0.15) is 0 Å². The van der Waals surface area contributed by atoms with E-state index in [2.05, 4.69) is 23.4 Å². The summed E-state index contributed by atoms with van der Waals surface area (Å²) in [5.41, 5.74) is 1.67. The van der Waals surface area contributed by atoms with Crippen molar-refractivity contribution in [3.8, 4) is 0 Å². The van der Waals surface area contributed by atoms with Gasteiger partial charge in [-0.05, 0) is 56.4 Å². The number of anilines is 1. The number of carbonyl (C=O) groups is 3. The van der Waals surface area contributed by atoms with Gasteiger partial charge >= 0.3 is 22.9 Å². The first-order chi connectivity index (χ1) is 18.0. The SMILES string of the molecule is C=C(C)C(=O)OCCN(CCOC(=O)C(=C)C)c1ccc(/N=N/c2sc([N+](=O)[O-])cc2C(=O)OCC)cc1. The molecule has 0 aliphatic heterocycles. The molecule has 0 radical (unpaired) electrons. The van der Waals surface area contributed by atoms with Gasteiger partial charge in [0.05, 0.1) is 30.3 Å². The van der Waals surface area contributed by atoms with Crippen LogP contribution in [-0.4, -0.2) is 55.7 Å². The number of nitrogens with zero attached hydrogens (tertiary/aromatic N) is 4. The Morgan fingerprint density at radius 3 is 2.00 bits per heavy atom. The highest BCUT2D eigenvalue weighted by Gasteiger charge is 2.23. The van der Waals surface area contributed by atoms with E-state index >= 15 is 0 Å². The van der Waals surface area contributed by atoms with Crippen LogP contribution in [-0.2, 0) is 23.8 Å². The Balaban J connectivity index is 2.18. The maximum atomic E-state index is 12.1. The van der Waals surface area contributed by atoms with Gasteiger partial charge in [-0.3, -0.25) is 10.1 Å². The summed E-state index contributed by atoms with van der Waals surface area (Å²) in [7, 11) is 0. The van der Waals surface area contributed by atoms with Gasteiger partial charge in [0.1, 0.15) is 18.8 Å². The van der Waals surface area contributed by atoms with Crippen molar-refractivity contribution in [2.45, 2.75) is 20.8 Å². The first-order valence-electron chi connectivity index (χ1n) is 11.4. The minimum atomic E-state index is -0.725. The fourth-order valence-corrected chi connectivity index (χ4v) is 3.62. The average molecular weight is 545 g/mol. The first-order valence-corrected chi connectivity index (χ1v) is 12.2. The van der Waals surface area contributed by atoms with Crippen LogP contribution < -0.4 is 4.90 Å². The minimum Gasteiger partial charge on any atom is -0.462 e. The zero-order valence-electron chi connectivity index (χ0n) is 21.3. The molecule has 0 aliphatic carbocycles. The van der Waals surface area contributed by atoms with Gasteiger partial charge in [0.15, 0.2) is 5.00 Å². The molecule has 2 aromatic rings. The molecule has 0 N–H and O–H groups in total. The summed E-state index contributed by atoms with van der Waals surface area (Å²) in [6.07, 6.45) is 0. The lowest BCUT2D eigenvalue weighted by atomic mass is 10.2. The van der Waals surface area contributed by atoms with Crippen LogP contribution in [0.25, 0.3) is 0 Å². The number of azo groups is 1. The number of esters is 3. The molecule has 0 amide bonds. The Bertz CT molecular complexity index is 1200. The molecular weight excluding hydrogens is 516 g/mol. The van der Waals surface area contributed by atoms with E-state index in [4.69, 9.17) is 14.2 Å². The summed E-state index contributed by atoms with van der Waals surface area (Å²) >= 11 is 0.712. The Kier molecular flexibility index (Phi) is 11.3. The number of ether oxygens (including phenoxy) is 3. The maximum absolute atomic E-state index is 12.1. The van der Waals surface area contributed by atoms with E-state index < -0.39 is 22.8 Å². The Morgan fingerprint density at radius 2 is 1.53 bits per heavy atom. The lowest BCUT2D eigenvalue weighted by Crippen LogP contribution is -2.32. The fourth-order valence-electron chi connectivity index (χ4n) is 2.83. The van der Waals surface area contributed by atoms with Gasteiger partial charge in [0.2, 0.25) is 0 Å². The first kappa shape index (κ1) is 29.8. The Labute approximate surface area is 223 Å². The molecule has 1 aromatic carbocycles. The van der Waals surface area contributed by atoms with Gasteiger partial charge in [0.25, 0.3) is 0 Å². The van der Waals surface area contributed by atoms with Crippen molar-refractivity contribution >= 4 is 50.6 Å². The third-order valence-corrected chi connectivity index (χ3v) is 5.70. The second kappa shape index (κ2) is 14.4. The molecule has 2 rings (SSSR count). The third kappa shape index (κ3) is 8.92. The lowest BCUT2D eigenvalue weighted by molar-refractivity contribution is -0.380. The van der Waals surface area contributed by atoms with Crippen molar-refractivity contribution in [2.75, 3.05) is 37.8 Å². The van der Waals surface area contributed by atoms with Gasteiger partial charge in [-0.1, -0.05) is 13.2 Å². The van der Waals surface area contributed by atoms with E-state index in [1.54, 1.807) is 45.0 Å². The van der Waals surface area contributed by atoms with Crippen LogP contribution in [0.1, 0.15) is 31.1 Å². The van der Waals surface area contributed by atoms with Crippen LogP contribution in [0.5, 0.6) is 0 Å². The lowest BCUT2D eigenvalue weighted by Gasteiger charge is -2.24.